The zero-order valence-electron chi connectivity index (χ0n) is 9.14. The summed E-state index contributed by atoms with van der Waals surface area (Å²) in [7, 11) is 2.89. The van der Waals surface area contributed by atoms with Crippen molar-refractivity contribution in [3.8, 4) is 11.5 Å². The van der Waals surface area contributed by atoms with Crippen molar-refractivity contribution in [2.24, 2.45) is 5.18 Å². The number of hydrogen-bond acceptors (Lipinski definition) is 5. The minimum absolute atomic E-state index is 0.0572. The second kappa shape index (κ2) is 5.87. The average molecular weight is 223 g/mol. The van der Waals surface area contributed by atoms with Gasteiger partial charge in [0.25, 0.3) is 0 Å². The Morgan fingerprint density at radius 3 is 2.25 bits per heavy atom. The number of ether oxygens (including phenoxy) is 2. The molecule has 0 unspecified atom stereocenters. The van der Waals surface area contributed by atoms with E-state index >= 15 is 0 Å². The quantitative estimate of drug-likeness (QED) is 0.776. The van der Waals surface area contributed by atoms with Gasteiger partial charge >= 0.3 is 0 Å². The van der Waals surface area contributed by atoms with Crippen molar-refractivity contribution in [1.29, 1.82) is 0 Å². The van der Waals surface area contributed by atoms with Crippen molar-refractivity contribution >= 4 is 11.8 Å². The van der Waals surface area contributed by atoms with Gasteiger partial charge in [-0.3, -0.25) is 0 Å². The molecule has 0 aliphatic rings. The van der Waals surface area contributed by atoms with Gasteiger partial charge in [-0.2, -0.15) is 0 Å². The highest BCUT2D eigenvalue weighted by Crippen LogP contribution is 2.38. The molecule has 0 fully saturated rings. The Morgan fingerprint density at radius 2 is 1.88 bits per heavy atom. The molecule has 1 N–H and O–H groups in total. The van der Waals surface area contributed by atoms with Crippen LogP contribution in [0.1, 0.15) is 5.56 Å². The maximum absolute atomic E-state index is 10.6. The normalized spacial score (nSPS) is 10.4. The summed E-state index contributed by atoms with van der Waals surface area (Å²) in [6, 6.07) is 3.29. The number of aliphatic hydroxyl groups is 1. The van der Waals surface area contributed by atoms with Crippen LogP contribution in [0.3, 0.4) is 0 Å². The van der Waals surface area contributed by atoms with E-state index in [1.54, 1.807) is 24.3 Å². The summed E-state index contributed by atoms with van der Waals surface area (Å²) in [6.07, 6.45) is 3.27. The van der Waals surface area contributed by atoms with Crippen molar-refractivity contribution < 1.29 is 14.6 Å². The Balaban J connectivity index is 3.25. The minimum Gasteiger partial charge on any atom is -0.494 e. The fraction of sp³-hybridized carbons (Fsp3) is 0.273. The summed E-state index contributed by atoms with van der Waals surface area (Å²) < 4.78 is 10.1. The lowest BCUT2D eigenvalue weighted by Gasteiger charge is -2.08. The van der Waals surface area contributed by atoms with Crippen LogP contribution in [-0.2, 0) is 0 Å². The first kappa shape index (κ1) is 12.2. The fourth-order valence-corrected chi connectivity index (χ4v) is 1.29. The molecule has 0 atom stereocenters. The van der Waals surface area contributed by atoms with E-state index in [1.807, 2.05) is 0 Å². The summed E-state index contributed by atoms with van der Waals surface area (Å²) in [5, 5.41) is 11.5. The van der Waals surface area contributed by atoms with E-state index in [0.717, 1.165) is 5.56 Å². The summed E-state index contributed by atoms with van der Waals surface area (Å²) >= 11 is 0. The molecule has 1 rings (SSSR count). The number of hydrogen-bond donors (Lipinski definition) is 1. The average Bonchev–Trinajstić information content (AvgIpc) is 2.34. The van der Waals surface area contributed by atoms with Crippen LogP contribution in [0.5, 0.6) is 11.5 Å². The summed E-state index contributed by atoms with van der Waals surface area (Å²) in [6.45, 7) is -0.0572. The molecule has 86 valence electrons. The fourth-order valence-electron chi connectivity index (χ4n) is 1.29. The molecular formula is C11H13NO4. The van der Waals surface area contributed by atoms with Gasteiger partial charge in [0.15, 0.2) is 17.2 Å². The molecule has 0 radical (unpaired) electrons. The van der Waals surface area contributed by atoms with Crippen LogP contribution in [0.25, 0.3) is 6.08 Å². The topological polar surface area (TPSA) is 68.1 Å². The Morgan fingerprint density at radius 1 is 1.31 bits per heavy atom. The van der Waals surface area contributed by atoms with Gasteiger partial charge in [-0.05, 0) is 22.9 Å². The Labute approximate surface area is 93.3 Å². The van der Waals surface area contributed by atoms with Crippen molar-refractivity contribution in [1.82, 2.24) is 0 Å². The van der Waals surface area contributed by atoms with E-state index in [2.05, 4.69) is 5.18 Å². The van der Waals surface area contributed by atoms with Gasteiger partial charge in [0.05, 0.1) is 20.8 Å². The third kappa shape index (κ3) is 2.58. The molecule has 0 aliphatic carbocycles. The van der Waals surface area contributed by atoms with Crippen molar-refractivity contribution in [2.45, 2.75) is 0 Å². The van der Waals surface area contributed by atoms with Crippen LogP contribution in [0.2, 0.25) is 0 Å². The molecule has 1 aromatic carbocycles. The molecule has 0 heterocycles. The Hall–Kier alpha value is -1.88. The smallest absolute Gasteiger partial charge is 0.191 e. The number of nitroso groups, excluding NO2 is 1. The van der Waals surface area contributed by atoms with Crippen molar-refractivity contribution in [3.05, 3.63) is 28.7 Å². The van der Waals surface area contributed by atoms with Gasteiger partial charge in [0.2, 0.25) is 0 Å². The van der Waals surface area contributed by atoms with E-state index < -0.39 is 0 Å². The summed E-state index contributed by atoms with van der Waals surface area (Å²) in [5.74, 6) is 0.680. The highest BCUT2D eigenvalue weighted by Gasteiger charge is 2.11. The zero-order chi connectivity index (χ0) is 12.0. The van der Waals surface area contributed by atoms with Gasteiger partial charge in [0, 0.05) is 0 Å². The largest absolute Gasteiger partial charge is 0.494 e. The summed E-state index contributed by atoms with van der Waals surface area (Å²) in [5.41, 5.74) is 0.890. The molecule has 0 amide bonds. The number of nitrogens with zero attached hydrogens (tertiary/aromatic N) is 1. The van der Waals surface area contributed by atoms with Crippen LogP contribution >= 0.6 is 0 Å². The van der Waals surface area contributed by atoms with Gasteiger partial charge in [-0.15, -0.1) is 4.91 Å². The first-order chi connectivity index (χ1) is 7.76. The highest BCUT2D eigenvalue weighted by molar-refractivity contribution is 5.68. The number of aliphatic hydroxyl groups excluding tert-OH is 1. The van der Waals surface area contributed by atoms with E-state index in [0.29, 0.717) is 11.5 Å². The number of rotatable bonds is 5. The lowest BCUT2D eigenvalue weighted by Crippen LogP contribution is -1.90. The molecule has 16 heavy (non-hydrogen) atoms. The van der Waals surface area contributed by atoms with E-state index in [9.17, 15) is 4.91 Å². The zero-order valence-corrected chi connectivity index (χ0v) is 9.14. The second-order valence-electron chi connectivity index (χ2n) is 2.95. The Bertz CT molecular complexity index is 376. The number of benzene rings is 1. The highest BCUT2D eigenvalue weighted by atomic mass is 16.5. The standard InChI is InChI=1S/C11H13NO4/c1-15-9-6-8(4-3-5-13)7-10(16-2)11(9)12-14/h3-4,6-7,13H,5H2,1-2H3/b4-3+. The molecule has 5 heteroatoms. The minimum atomic E-state index is -0.0572. The van der Waals surface area contributed by atoms with Crippen LogP contribution in [0.4, 0.5) is 5.69 Å². The van der Waals surface area contributed by atoms with Crippen LogP contribution < -0.4 is 9.47 Å². The maximum atomic E-state index is 10.6. The molecule has 5 nitrogen and oxygen atoms in total. The lowest BCUT2D eigenvalue weighted by atomic mass is 10.1. The van der Waals surface area contributed by atoms with Gasteiger partial charge in [0.1, 0.15) is 0 Å². The molecule has 0 aliphatic heterocycles. The predicted molar refractivity (Wildman–Crippen MR) is 61.1 cm³/mol. The van der Waals surface area contributed by atoms with Crippen LogP contribution in [-0.4, -0.2) is 25.9 Å². The molecule has 0 saturated heterocycles. The maximum Gasteiger partial charge on any atom is 0.191 e. The van der Waals surface area contributed by atoms with E-state index in [-0.39, 0.29) is 12.3 Å². The Kier molecular flexibility index (Phi) is 4.47. The van der Waals surface area contributed by atoms with Gasteiger partial charge in [-0.25, -0.2) is 0 Å². The molecule has 0 spiro atoms. The number of methoxy groups -OCH3 is 2. The molecule has 0 saturated carbocycles. The second-order valence-corrected chi connectivity index (χ2v) is 2.95. The third-order valence-electron chi connectivity index (χ3n) is 2.01. The molecule has 1 aromatic rings. The predicted octanol–water partition coefficient (Wildman–Crippen LogP) is 2.11. The SMILES string of the molecule is COc1cc(/C=C/CO)cc(OC)c1N=O. The molecule has 0 bridgehead atoms. The van der Waals surface area contributed by atoms with Crippen LogP contribution in [0.15, 0.2) is 23.4 Å². The first-order valence-electron chi connectivity index (χ1n) is 4.63. The van der Waals surface area contributed by atoms with Crippen molar-refractivity contribution in [2.75, 3.05) is 20.8 Å². The van der Waals surface area contributed by atoms with Crippen LogP contribution in [0, 0.1) is 4.91 Å². The lowest BCUT2D eigenvalue weighted by molar-refractivity contribution is 0.343. The third-order valence-corrected chi connectivity index (χ3v) is 2.01. The first-order valence-corrected chi connectivity index (χ1v) is 4.63. The van der Waals surface area contributed by atoms with E-state index in [1.165, 1.54) is 14.2 Å². The summed E-state index contributed by atoms with van der Waals surface area (Å²) in [4.78, 5) is 10.6. The van der Waals surface area contributed by atoms with Gasteiger partial charge < -0.3 is 14.6 Å². The molecular weight excluding hydrogens is 210 g/mol. The van der Waals surface area contributed by atoms with Crippen molar-refractivity contribution in [3.63, 3.8) is 0 Å². The monoisotopic (exact) mass is 223 g/mol. The van der Waals surface area contributed by atoms with E-state index in [4.69, 9.17) is 14.6 Å². The van der Waals surface area contributed by atoms with Gasteiger partial charge in [-0.1, -0.05) is 12.2 Å². The molecule has 0 aromatic heterocycles.